The number of benzene rings is 2. The molecule has 6 rings (SSSR count). The molecule has 0 unspecified atom stereocenters. The lowest BCUT2D eigenvalue weighted by atomic mass is 9.72. The van der Waals surface area contributed by atoms with Crippen LogP contribution in [0.25, 0.3) is 11.0 Å². The van der Waals surface area contributed by atoms with Crippen LogP contribution in [-0.4, -0.2) is 67.3 Å². The highest BCUT2D eigenvalue weighted by Crippen LogP contribution is 2.47. The number of hydrogen-bond donors (Lipinski definition) is 1. The van der Waals surface area contributed by atoms with Crippen LogP contribution in [0.5, 0.6) is 11.5 Å². The van der Waals surface area contributed by atoms with Gasteiger partial charge in [0.1, 0.15) is 11.1 Å². The summed E-state index contributed by atoms with van der Waals surface area (Å²) >= 11 is 1.46. The third-order valence-corrected chi connectivity index (χ3v) is 8.42. The smallest absolute Gasteiger partial charge is 0.191 e. The average molecular weight is 521 g/mol. The fourth-order valence-electron chi connectivity index (χ4n) is 5.48. The summed E-state index contributed by atoms with van der Waals surface area (Å²) in [5, 5.41) is 9.39. The molecule has 0 aliphatic carbocycles. The van der Waals surface area contributed by atoms with E-state index in [9.17, 15) is 0 Å². The van der Waals surface area contributed by atoms with Crippen LogP contribution >= 0.6 is 11.9 Å². The molecule has 2 aliphatic rings. The Kier molecular flexibility index (Phi) is 6.37. The third kappa shape index (κ3) is 4.59. The molecule has 0 amide bonds. The summed E-state index contributed by atoms with van der Waals surface area (Å²) in [5.74, 6) is 2.20. The number of nitrogens with one attached hydrogen (secondary N) is 1. The second kappa shape index (κ2) is 9.83. The van der Waals surface area contributed by atoms with E-state index in [1.165, 1.54) is 37.9 Å². The quantitative estimate of drug-likeness (QED) is 0.331. The molecule has 10 heteroatoms. The Balaban J connectivity index is 1.19. The zero-order chi connectivity index (χ0) is 25.4. The van der Waals surface area contributed by atoms with E-state index >= 15 is 0 Å². The van der Waals surface area contributed by atoms with Crippen LogP contribution in [0.2, 0.25) is 0 Å². The average Bonchev–Trinajstić information content (AvgIpc) is 3.56. The van der Waals surface area contributed by atoms with Crippen LogP contribution in [0.3, 0.4) is 0 Å². The van der Waals surface area contributed by atoms with E-state index in [0.29, 0.717) is 29.1 Å². The van der Waals surface area contributed by atoms with Crippen molar-refractivity contribution in [3.05, 3.63) is 54.4 Å². The molecule has 4 heterocycles. The Morgan fingerprint density at radius 2 is 1.95 bits per heavy atom. The fraction of sp³-hybridized carbons (Fsp3) is 0.407. The van der Waals surface area contributed by atoms with Gasteiger partial charge >= 0.3 is 0 Å². The number of aromatic nitrogens is 3. The van der Waals surface area contributed by atoms with E-state index in [1.54, 1.807) is 20.4 Å². The monoisotopic (exact) mass is 520 g/mol. The molecule has 0 atom stereocenters. The summed E-state index contributed by atoms with van der Waals surface area (Å²) in [6, 6.07) is 12.2. The molecule has 0 radical (unpaired) electrons. The minimum Gasteiger partial charge on any atom is -0.496 e. The molecular weight excluding hydrogens is 488 g/mol. The van der Waals surface area contributed by atoms with Crippen molar-refractivity contribution in [1.82, 2.24) is 19.8 Å². The van der Waals surface area contributed by atoms with E-state index in [1.807, 2.05) is 29.1 Å². The second-order valence-electron chi connectivity index (χ2n) is 10.1. The van der Waals surface area contributed by atoms with Gasteiger partial charge < -0.3 is 28.5 Å². The summed E-state index contributed by atoms with van der Waals surface area (Å²) in [7, 11) is 5.62. The molecule has 0 bridgehead atoms. The topological polar surface area (TPSA) is 80.8 Å². The van der Waals surface area contributed by atoms with Gasteiger partial charge in [-0.25, -0.2) is 0 Å². The van der Waals surface area contributed by atoms with Crippen LogP contribution in [0.1, 0.15) is 18.4 Å². The maximum Gasteiger partial charge on any atom is 0.191 e. The lowest BCUT2D eigenvalue weighted by Gasteiger charge is -2.55. The first-order chi connectivity index (χ1) is 18.1. The van der Waals surface area contributed by atoms with Gasteiger partial charge in [0.05, 0.1) is 31.3 Å². The number of methoxy groups -OCH3 is 2. The van der Waals surface area contributed by atoms with Crippen LogP contribution in [0.15, 0.2) is 58.2 Å². The number of rotatable bonds is 8. The maximum absolute atomic E-state index is 5.91. The first-order valence-electron chi connectivity index (χ1n) is 12.5. The minimum absolute atomic E-state index is 0.450. The number of fused-ring (bicyclic) bond motifs is 1. The summed E-state index contributed by atoms with van der Waals surface area (Å²) in [5.41, 5.74) is 3.28. The van der Waals surface area contributed by atoms with Gasteiger partial charge in [0.15, 0.2) is 17.2 Å². The molecule has 0 saturated carbocycles. The van der Waals surface area contributed by atoms with E-state index in [0.717, 1.165) is 40.4 Å². The van der Waals surface area contributed by atoms with E-state index < -0.39 is 0 Å². The number of likely N-dealkylation sites (tertiary alicyclic amines) is 1. The van der Waals surface area contributed by atoms with Gasteiger partial charge in [-0.05, 0) is 80.8 Å². The predicted octanol–water partition coefficient (Wildman–Crippen LogP) is 4.74. The van der Waals surface area contributed by atoms with Crippen molar-refractivity contribution in [3.8, 4) is 11.5 Å². The molecule has 1 spiro atoms. The molecule has 1 N–H and O–H groups in total. The molecule has 2 fully saturated rings. The fourth-order valence-corrected chi connectivity index (χ4v) is 6.25. The summed E-state index contributed by atoms with van der Waals surface area (Å²) in [6.07, 6.45) is 6.23. The van der Waals surface area contributed by atoms with Gasteiger partial charge in [-0.2, -0.15) is 5.10 Å². The standard InChI is InChI=1S/C27H32N6O3S/c1-31-12-8-27(9-13-31)17-32(18-27)20-6-4-7-23(25(20)35-3)37-30-26-24-21(34-2)14-19(15-22(24)36-29-26)16-33-11-5-10-28-33/h4-7,10-11,14-15H,8-9,12-13,16-18H2,1-3H3,(H,29,30). The number of piperidine rings is 1. The van der Waals surface area contributed by atoms with Gasteiger partial charge in [-0.15, -0.1) is 0 Å². The van der Waals surface area contributed by atoms with Crippen molar-refractivity contribution in [1.29, 1.82) is 0 Å². The van der Waals surface area contributed by atoms with E-state index in [4.69, 9.17) is 14.0 Å². The predicted molar refractivity (Wildman–Crippen MR) is 146 cm³/mol. The van der Waals surface area contributed by atoms with Crippen LogP contribution in [0.4, 0.5) is 11.5 Å². The molecule has 9 nitrogen and oxygen atoms in total. The van der Waals surface area contributed by atoms with Crippen molar-refractivity contribution in [2.24, 2.45) is 5.41 Å². The van der Waals surface area contributed by atoms with Gasteiger partial charge in [-0.3, -0.25) is 4.68 Å². The first kappa shape index (κ1) is 24.0. The van der Waals surface area contributed by atoms with Gasteiger partial charge in [0.2, 0.25) is 0 Å². The van der Waals surface area contributed by atoms with Crippen molar-refractivity contribution >= 4 is 34.4 Å². The van der Waals surface area contributed by atoms with Crippen LogP contribution in [-0.2, 0) is 6.54 Å². The summed E-state index contributed by atoms with van der Waals surface area (Å²) in [4.78, 5) is 5.87. The number of ether oxygens (including phenoxy) is 2. The van der Waals surface area contributed by atoms with Crippen LogP contribution < -0.4 is 19.1 Å². The highest BCUT2D eigenvalue weighted by Gasteiger charge is 2.45. The van der Waals surface area contributed by atoms with Crippen LogP contribution in [0, 0.1) is 5.41 Å². The Hall–Kier alpha value is -3.37. The van der Waals surface area contributed by atoms with E-state index in [2.05, 4.69) is 50.0 Å². The Morgan fingerprint density at radius 1 is 1.11 bits per heavy atom. The third-order valence-electron chi connectivity index (χ3n) is 7.58. The van der Waals surface area contributed by atoms with Crippen molar-refractivity contribution in [3.63, 3.8) is 0 Å². The molecule has 4 aromatic rings. The molecule has 194 valence electrons. The molecule has 37 heavy (non-hydrogen) atoms. The number of hydrogen-bond acceptors (Lipinski definition) is 9. The highest BCUT2D eigenvalue weighted by molar-refractivity contribution is 8.00. The highest BCUT2D eigenvalue weighted by atomic mass is 32.2. The molecular formula is C27H32N6O3S. The van der Waals surface area contributed by atoms with Gasteiger partial charge in [-0.1, -0.05) is 11.2 Å². The largest absolute Gasteiger partial charge is 0.496 e. The lowest BCUT2D eigenvalue weighted by Crippen LogP contribution is -2.60. The van der Waals surface area contributed by atoms with E-state index in [-0.39, 0.29) is 0 Å². The first-order valence-corrected chi connectivity index (χ1v) is 13.4. The Morgan fingerprint density at radius 3 is 2.68 bits per heavy atom. The number of para-hydroxylation sites is 1. The molecule has 2 aliphatic heterocycles. The zero-order valence-corrected chi connectivity index (χ0v) is 22.3. The number of anilines is 2. The van der Waals surface area contributed by atoms with Crippen molar-refractivity contribution in [2.75, 3.05) is 57.1 Å². The van der Waals surface area contributed by atoms with Gasteiger partial charge in [0.25, 0.3) is 0 Å². The second-order valence-corrected chi connectivity index (χ2v) is 10.9. The Labute approximate surface area is 220 Å². The summed E-state index contributed by atoms with van der Waals surface area (Å²) < 4.78 is 22.5. The Bertz CT molecular complexity index is 1370. The van der Waals surface area contributed by atoms with Crippen molar-refractivity contribution in [2.45, 2.75) is 24.3 Å². The maximum atomic E-state index is 5.91. The summed E-state index contributed by atoms with van der Waals surface area (Å²) in [6.45, 7) is 5.17. The van der Waals surface area contributed by atoms with Gasteiger partial charge in [0, 0.05) is 30.9 Å². The van der Waals surface area contributed by atoms with Crippen molar-refractivity contribution < 1.29 is 14.0 Å². The normalized spacial score (nSPS) is 17.2. The minimum atomic E-state index is 0.450. The molecule has 2 aromatic heterocycles. The SMILES string of the molecule is COc1c(SNc2noc3cc(Cn4cccn4)cc(OC)c23)cccc1N1CC2(CCN(C)CC2)C1. The molecule has 2 aromatic carbocycles. The molecule has 2 saturated heterocycles. The number of nitrogens with zero attached hydrogens (tertiary/aromatic N) is 5. The zero-order valence-electron chi connectivity index (χ0n) is 21.4. The lowest BCUT2D eigenvalue weighted by molar-refractivity contribution is 0.0902.